The Hall–Kier alpha value is -1.71. The molecule has 0 aromatic heterocycles. The molecule has 0 saturated carbocycles. The molecule has 0 unspecified atom stereocenters. The number of carbonyl (C=O) groups excluding carboxylic acids is 1. The Morgan fingerprint density at radius 2 is 1.71 bits per heavy atom. The van der Waals surface area contributed by atoms with Crippen LogP contribution in [-0.4, -0.2) is 42.6 Å². The van der Waals surface area contributed by atoms with Crippen molar-refractivity contribution < 1.29 is 4.79 Å². The first kappa shape index (κ1) is 15.7. The second-order valence-corrected chi connectivity index (χ2v) is 6.94. The summed E-state index contributed by atoms with van der Waals surface area (Å²) in [5, 5.41) is 3.03. The Morgan fingerprint density at radius 3 is 2.24 bits per heavy atom. The zero-order chi connectivity index (χ0) is 15.6. The van der Waals surface area contributed by atoms with Crippen molar-refractivity contribution in [2.24, 2.45) is 0 Å². The van der Waals surface area contributed by atoms with Crippen LogP contribution in [0.3, 0.4) is 0 Å². The van der Waals surface area contributed by atoms with E-state index in [-0.39, 0.29) is 11.6 Å². The van der Waals surface area contributed by atoms with Crippen molar-refractivity contribution >= 4 is 11.7 Å². The maximum Gasteiger partial charge on any atom is 0.317 e. The van der Waals surface area contributed by atoms with Crippen LogP contribution in [0.5, 0.6) is 0 Å². The van der Waals surface area contributed by atoms with Crippen molar-refractivity contribution in [1.29, 1.82) is 0 Å². The van der Waals surface area contributed by atoms with E-state index in [1.165, 1.54) is 16.8 Å². The van der Waals surface area contributed by atoms with E-state index in [4.69, 9.17) is 0 Å². The first-order valence-electron chi connectivity index (χ1n) is 7.65. The predicted octanol–water partition coefficient (Wildman–Crippen LogP) is 2.93. The summed E-state index contributed by atoms with van der Waals surface area (Å²) in [5.74, 6) is 0. The molecule has 0 atom stereocenters. The summed E-state index contributed by atoms with van der Waals surface area (Å²) in [6, 6.07) is 6.60. The maximum absolute atomic E-state index is 12.2. The highest BCUT2D eigenvalue weighted by molar-refractivity contribution is 5.75. The number of nitrogens with zero attached hydrogens (tertiary/aromatic N) is 2. The second kappa shape index (κ2) is 5.96. The molecular formula is C17H27N3O. The lowest BCUT2D eigenvalue weighted by Gasteiger charge is -2.38. The molecule has 1 aromatic rings. The normalized spacial score (nSPS) is 16.0. The van der Waals surface area contributed by atoms with Gasteiger partial charge in [0.05, 0.1) is 0 Å². The van der Waals surface area contributed by atoms with Gasteiger partial charge in [0.15, 0.2) is 0 Å². The van der Waals surface area contributed by atoms with Crippen molar-refractivity contribution in [2.45, 2.75) is 40.2 Å². The Morgan fingerprint density at radius 1 is 1.10 bits per heavy atom. The fourth-order valence-electron chi connectivity index (χ4n) is 2.71. The molecular weight excluding hydrogens is 262 g/mol. The van der Waals surface area contributed by atoms with Crippen molar-refractivity contribution in [3.63, 3.8) is 0 Å². The van der Waals surface area contributed by atoms with Crippen molar-refractivity contribution in [3.05, 3.63) is 29.3 Å². The van der Waals surface area contributed by atoms with E-state index >= 15 is 0 Å². The molecule has 1 fully saturated rings. The zero-order valence-corrected chi connectivity index (χ0v) is 13.9. The quantitative estimate of drug-likeness (QED) is 0.863. The molecule has 21 heavy (non-hydrogen) atoms. The average Bonchev–Trinajstić information content (AvgIpc) is 2.37. The molecule has 4 nitrogen and oxygen atoms in total. The Labute approximate surface area is 128 Å². The first-order chi connectivity index (χ1) is 9.76. The molecule has 116 valence electrons. The van der Waals surface area contributed by atoms with Gasteiger partial charge in [-0.2, -0.15) is 0 Å². The van der Waals surface area contributed by atoms with Crippen molar-refractivity contribution in [2.75, 3.05) is 31.1 Å². The van der Waals surface area contributed by atoms with E-state index in [0.717, 1.165) is 26.2 Å². The van der Waals surface area contributed by atoms with Crippen LogP contribution < -0.4 is 10.2 Å². The van der Waals surface area contributed by atoms with Crippen LogP contribution in [-0.2, 0) is 0 Å². The van der Waals surface area contributed by atoms with Gasteiger partial charge in [-0.3, -0.25) is 0 Å². The van der Waals surface area contributed by atoms with Crippen LogP contribution in [0, 0.1) is 13.8 Å². The van der Waals surface area contributed by atoms with Crippen LogP contribution >= 0.6 is 0 Å². The van der Waals surface area contributed by atoms with Crippen LogP contribution in [0.25, 0.3) is 0 Å². The summed E-state index contributed by atoms with van der Waals surface area (Å²) in [5.41, 5.74) is 3.71. The molecule has 0 bridgehead atoms. The van der Waals surface area contributed by atoms with Crippen LogP contribution in [0.2, 0.25) is 0 Å². The molecule has 0 aliphatic carbocycles. The molecule has 0 radical (unpaired) electrons. The molecule has 1 heterocycles. The first-order valence-corrected chi connectivity index (χ1v) is 7.65. The number of anilines is 1. The number of hydrogen-bond acceptors (Lipinski definition) is 2. The van der Waals surface area contributed by atoms with Gasteiger partial charge in [0.1, 0.15) is 0 Å². The third kappa shape index (κ3) is 4.13. The van der Waals surface area contributed by atoms with Gasteiger partial charge in [0, 0.05) is 37.4 Å². The van der Waals surface area contributed by atoms with Gasteiger partial charge in [0.2, 0.25) is 0 Å². The minimum absolute atomic E-state index is 0.0442. The topological polar surface area (TPSA) is 35.6 Å². The second-order valence-electron chi connectivity index (χ2n) is 6.94. The van der Waals surface area contributed by atoms with Crippen LogP contribution in [0.4, 0.5) is 10.5 Å². The largest absolute Gasteiger partial charge is 0.368 e. The lowest BCUT2D eigenvalue weighted by molar-refractivity contribution is 0.185. The fourth-order valence-corrected chi connectivity index (χ4v) is 2.71. The lowest BCUT2D eigenvalue weighted by atomic mass is 10.1. The number of amides is 2. The molecule has 1 aliphatic rings. The molecule has 1 aromatic carbocycles. The highest BCUT2D eigenvalue weighted by Crippen LogP contribution is 2.22. The average molecular weight is 289 g/mol. The number of rotatable bonds is 1. The van der Waals surface area contributed by atoms with Gasteiger partial charge in [-0.1, -0.05) is 17.7 Å². The minimum atomic E-state index is -0.179. The zero-order valence-electron chi connectivity index (χ0n) is 13.9. The summed E-state index contributed by atoms with van der Waals surface area (Å²) in [4.78, 5) is 16.4. The number of hydrogen-bond donors (Lipinski definition) is 1. The maximum atomic E-state index is 12.2. The molecule has 2 amide bonds. The number of nitrogens with one attached hydrogen (secondary N) is 1. The predicted molar refractivity (Wildman–Crippen MR) is 88.0 cm³/mol. The fraction of sp³-hybridized carbons (Fsp3) is 0.588. The van der Waals surface area contributed by atoms with E-state index in [1.807, 2.05) is 25.7 Å². The van der Waals surface area contributed by atoms with E-state index in [2.05, 4.69) is 42.3 Å². The number of benzene rings is 1. The van der Waals surface area contributed by atoms with Gasteiger partial charge in [-0.25, -0.2) is 4.79 Å². The monoisotopic (exact) mass is 289 g/mol. The van der Waals surface area contributed by atoms with Crippen molar-refractivity contribution in [3.8, 4) is 0 Å². The molecule has 1 N–H and O–H groups in total. The number of aryl methyl sites for hydroxylation is 2. The van der Waals surface area contributed by atoms with Crippen LogP contribution in [0.1, 0.15) is 31.9 Å². The van der Waals surface area contributed by atoms with Crippen LogP contribution in [0.15, 0.2) is 18.2 Å². The Balaban J connectivity index is 1.95. The molecule has 4 heteroatoms. The molecule has 1 aliphatic heterocycles. The molecule has 0 spiro atoms. The van der Waals surface area contributed by atoms with Gasteiger partial charge in [-0.05, 0) is 46.2 Å². The Bertz CT molecular complexity index is 511. The van der Waals surface area contributed by atoms with Gasteiger partial charge in [0.25, 0.3) is 0 Å². The standard InChI is InChI=1S/C17H27N3O/c1-13-6-7-15(14(2)12-13)19-8-10-20(11-9-19)16(21)18-17(3,4)5/h6-7,12H,8-11H2,1-5H3,(H,18,21). The summed E-state index contributed by atoms with van der Waals surface area (Å²) in [7, 11) is 0. The van der Waals surface area contributed by atoms with E-state index in [1.54, 1.807) is 0 Å². The Kier molecular flexibility index (Phi) is 4.45. The van der Waals surface area contributed by atoms with E-state index in [0.29, 0.717) is 0 Å². The highest BCUT2D eigenvalue weighted by Gasteiger charge is 2.24. The molecule has 1 saturated heterocycles. The van der Waals surface area contributed by atoms with Crippen molar-refractivity contribution in [1.82, 2.24) is 10.2 Å². The van der Waals surface area contributed by atoms with E-state index in [9.17, 15) is 4.79 Å². The SMILES string of the molecule is Cc1ccc(N2CCN(C(=O)NC(C)(C)C)CC2)c(C)c1. The summed E-state index contributed by atoms with van der Waals surface area (Å²) in [6.45, 7) is 13.6. The van der Waals surface area contributed by atoms with Gasteiger partial charge >= 0.3 is 6.03 Å². The van der Waals surface area contributed by atoms with Gasteiger partial charge < -0.3 is 15.1 Å². The number of piperazine rings is 1. The highest BCUT2D eigenvalue weighted by atomic mass is 16.2. The smallest absolute Gasteiger partial charge is 0.317 e. The summed E-state index contributed by atoms with van der Waals surface area (Å²) >= 11 is 0. The summed E-state index contributed by atoms with van der Waals surface area (Å²) < 4.78 is 0. The van der Waals surface area contributed by atoms with Gasteiger partial charge in [-0.15, -0.1) is 0 Å². The number of urea groups is 1. The third-order valence-electron chi connectivity index (χ3n) is 3.74. The third-order valence-corrected chi connectivity index (χ3v) is 3.74. The van der Waals surface area contributed by atoms with E-state index < -0.39 is 0 Å². The number of carbonyl (C=O) groups is 1. The lowest BCUT2D eigenvalue weighted by Crippen LogP contribution is -2.55. The summed E-state index contributed by atoms with van der Waals surface area (Å²) in [6.07, 6.45) is 0. The minimum Gasteiger partial charge on any atom is -0.368 e. The molecule has 2 rings (SSSR count).